The highest BCUT2D eigenvalue weighted by molar-refractivity contribution is 5.74. The topological polar surface area (TPSA) is 90.3 Å². The minimum absolute atomic E-state index is 0.129. The number of carbonyl (C=O) groups is 1. The van der Waals surface area contributed by atoms with Crippen molar-refractivity contribution < 1.29 is 14.3 Å². The Morgan fingerprint density at radius 2 is 2.17 bits per heavy atom. The number of ether oxygens (including phenoxy) is 2. The third-order valence-corrected chi connectivity index (χ3v) is 3.73. The standard InChI is InChI=1S/C16H21N5O3/c1-12(13-3-4-14-15(9-13)24-8-7-23-14)20-16(22)18-5-2-6-21-11-17-10-19-21/h3-4,9-12H,2,5-8H2,1H3,(H2,18,20,22)/t12-/m1/s1. The quantitative estimate of drug-likeness (QED) is 0.783. The van der Waals surface area contributed by atoms with Crippen LogP contribution in [0.4, 0.5) is 4.79 Å². The third kappa shape index (κ3) is 4.15. The van der Waals surface area contributed by atoms with Gasteiger partial charge in [0.1, 0.15) is 25.9 Å². The molecule has 128 valence electrons. The summed E-state index contributed by atoms with van der Waals surface area (Å²) in [5.74, 6) is 1.47. The van der Waals surface area contributed by atoms with Crippen molar-refractivity contribution in [2.24, 2.45) is 0 Å². The lowest BCUT2D eigenvalue weighted by atomic mass is 10.1. The molecule has 1 aromatic heterocycles. The number of hydrogen-bond donors (Lipinski definition) is 2. The van der Waals surface area contributed by atoms with E-state index in [2.05, 4.69) is 20.7 Å². The molecule has 0 radical (unpaired) electrons. The van der Waals surface area contributed by atoms with E-state index in [4.69, 9.17) is 9.47 Å². The average molecular weight is 331 g/mol. The van der Waals surface area contributed by atoms with Crippen LogP contribution in [0.1, 0.15) is 24.9 Å². The van der Waals surface area contributed by atoms with E-state index < -0.39 is 0 Å². The maximum Gasteiger partial charge on any atom is 0.315 e. The molecule has 1 atom stereocenters. The Morgan fingerprint density at radius 3 is 2.96 bits per heavy atom. The monoisotopic (exact) mass is 331 g/mol. The minimum atomic E-state index is -0.198. The van der Waals surface area contributed by atoms with Crippen LogP contribution >= 0.6 is 0 Å². The summed E-state index contributed by atoms with van der Waals surface area (Å²) in [6.45, 7) is 4.33. The van der Waals surface area contributed by atoms with E-state index in [0.29, 0.717) is 19.8 Å². The lowest BCUT2D eigenvalue weighted by Crippen LogP contribution is -2.37. The number of benzene rings is 1. The van der Waals surface area contributed by atoms with Crippen LogP contribution in [0.15, 0.2) is 30.9 Å². The summed E-state index contributed by atoms with van der Waals surface area (Å²) in [5.41, 5.74) is 0.969. The average Bonchev–Trinajstić information content (AvgIpc) is 3.11. The fraction of sp³-hybridized carbons (Fsp3) is 0.438. The van der Waals surface area contributed by atoms with Gasteiger partial charge < -0.3 is 20.1 Å². The molecule has 0 saturated heterocycles. The number of urea groups is 1. The predicted molar refractivity (Wildman–Crippen MR) is 87.0 cm³/mol. The van der Waals surface area contributed by atoms with Crippen molar-refractivity contribution in [3.63, 3.8) is 0 Å². The molecule has 8 nitrogen and oxygen atoms in total. The van der Waals surface area contributed by atoms with Gasteiger partial charge in [-0.05, 0) is 31.0 Å². The van der Waals surface area contributed by atoms with Crippen LogP contribution in [0.25, 0.3) is 0 Å². The molecule has 1 aliphatic heterocycles. The van der Waals surface area contributed by atoms with Crippen LogP contribution in [-0.4, -0.2) is 40.6 Å². The van der Waals surface area contributed by atoms with Crippen molar-refractivity contribution >= 4 is 6.03 Å². The molecule has 0 bridgehead atoms. The van der Waals surface area contributed by atoms with Crippen molar-refractivity contribution in [1.29, 1.82) is 0 Å². The second-order valence-corrected chi connectivity index (χ2v) is 5.54. The Bertz CT molecular complexity index is 674. The molecule has 0 aliphatic carbocycles. The zero-order valence-corrected chi connectivity index (χ0v) is 13.6. The van der Waals surface area contributed by atoms with E-state index in [0.717, 1.165) is 30.0 Å². The maximum atomic E-state index is 12.0. The first-order valence-corrected chi connectivity index (χ1v) is 7.99. The fourth-order valence-electron chi connectivity index (χ4n) is 2.45. The van der Waals surface area contributed by atoms with Crippen LogP contribution in [0.5, 0.6) is 11.5 Å². The van der Waals surface area contributed by atoms with Crippen LogP contribution in [0, 0.1) is 0 Å². The van der Waals surface area contributed by atoms with Gasteiger partial charge in [-0.25, -0.2) is 9.78 Å². The Labute approximate surface area is 140 Å². The van der Waals surface area contributed by atoms with E-state index in [1.165, 1.54) is 6.33 Å². The number of nitrogens with zero attached hydrogens (tertiary/aromatic N) is 3. The highest BCUT2D eigenvalue weighted by atomic mass is 16.6. The van der Waals surface area contributed by atoms with Gasteiger partial charge in [0.2, 0.25) is 0 Å². The van der Waals surface area contributed by atoms with Crippen LogP contribution in [0.3, 0.4) is 0 Å². The van der Waals surface area contributed by atoms with E-state index in [1.54, 1.807) is 11.0 Å². The highest BCUT2D eigenvalue weighted by Crippen LogP contribution is 2.32. The summed E-state index contributed by atoms with van der Waals surface area (Å²) in [5, 5.41) is 9.77. The van der Waals surface area contributed by atoms with Gasteiger partial charge in [0.15, 0.2) is 11.5 Å². The van der Waals surface area contributed by atoms with E-state index >= 15 is 0 Å². The highest BCUT2D eigenvalue weighted by Gasteiger charge is 2.15. The zero-order valence-electron chi connectivity index (χ0n) is 13.6. The first-order chi connectivity index (χ1) is 11.7. The van der Waals surface area contributed by atoms with Gasteiger partial charge in [0.25, 0.3) is 0 Å². The Hall–Kier alpha value is -2.77. The van der Waals surface area contributed by atoms with Gasteiger partial charge in [0.05, 0.1) is 6.04 Å². The molecule has 0 saturated carbocycles. The van der Waals surface area contributed by atoms with E-state index in [9.17, 15) is 4.79 Å². The Balaban J connectivity index is 1.43. The predicted octanol–water partition coefficient (Wildman–Crippen LogP) is 1.50. The molecule has 2 amide bonds. The summed E-state index contributed by atoms with van der Waals surface area (Å²) in [4.78, 5) is 15.8. The largest absolute Gasteiger partial charge is 0.486 e. The Kier molecular flexibility index (Phi) is 5.15. The van der Waals surface area contributed by atoms with Gasteiger partial charge in [-0.2, -0.15) is 5.10 Å². The third-order valence-electron chi connectivity index (χ3n) is 3.73. The maximum absolute atomic E-state index is 12.0. The number of carbonyl (C=O) groups excluding carboxylic acids is 1. The summed E-state index contributed by atoms with van der Waals surface area (Å²) in [6, 6.07) is 5.39. The number of hydrogen-bond acceptors (Lipinski definition) is 5. The number of nitrogens with one attached hydrogen (secondary N) is 2. The van der Waals surface area contributed by atoms with Gasteiger partial charge in [0, 0.05) is 13.1 Å². The normalized spacial score (nSPS) is 14.0. The molecule has 1 aliphatic rings. The first-order valence-electron chi connectivity index (χ1n) is 7.99. The smallest absolute Gasteiger partial charge is 0.315 e. The van der Waals surface area contributed by atoms with Gasteiger partial charge in [-0.3, -0.25) is 4.68 Å². The van der Waals surface area contributed by atoms with E-state index in [1.807, 2.05) is 25.1 Å². The molecule has 0 unspecified atom stereocenters. The van der Waals surface area contributed by atoms with Gasteiger partial charge >= 0.3 is 6.03 Å². The summed E-state index contributed by atoms with van der Waals surface area (Å²) in [6.07, 6.45) is 3.94. The molecule has 0 fully saturated rings. The molecular weight excluding hydrogens is 310 g/mol. The molecule has 2 heterocycles. The number of fused-ring (bicyclic) bond motifs is 1. The molecule has 2 aromatic rings. The SMILES string of the molecule is C[C@@H](NC(=O)NCCCn1cncn1)c1ccc2c(c1)OCCO2. The van der Waals surface area contributed by atoms with Crippen molar-refractivity contribution in [3.8, 4) is 11.5 Å². The molecule has 0 spiro atoms. The van der Waals surface area contributed by atoms with Gasteiger partial charge in [-0.15, -0.1) is 0 Å². The van der Waals surface area contributed by atoms with Crippen LogP contribution in [0.2, 0.25) is 0 Å². The summed E-state index contributed by atoms with van der Waals surface area (Å²) < 4.78 is 12.8. The Morgan fingerprint density at radius 1 is 1.33 bits per heavy atom. The number of aryl methyl sites for hydroxylation is 1. The molecular formula is C16H21N5O3. The molecule has 2 N–H and O–H groups in total. The number of rotatable bonds is 6. The van der Waals surface area contributed by atoms with Crippen molar-refractivity contribution in [2.75, 3.05) is 19.8 Å². The molecule has 8 heteroatoms. The number of amides is 2. The second-order valence-electron chi connectivity index (χ2n) is 5.54. The lowest BCUT2D eigenvalue weighted by molar-refractivity contribution is 0.171. The van der Waals surface area contributed by atoms with Gasteiger partial charge in [-0.1, -0.05) is 6.07 Å². The minimum Gasteiger partial charge on any atom is -0.486 e. The summed E-state index contributed by atoms with van der Waals surface area (Å²) >= 11 is 0. The van der Waals surface area contributed by atoms with E-state index in [-0.39, 0.29) is 12.1 Å². The number of aromatic nitrogens is 3. The fourth-order valence-corrected chi connectivity index (χ4v) is 2.45. The van der Waals surface area contributed by atoms with Crippen molar-refractivity contribution in [2.45, 2.75) is 25.9 Å². The molecule has 24 heavy (non-hydrogen) atoms. The van der Waals surface area contributed by atoms with Crippen LogP contribution in [-0.2, 0) is 6.54 Å². The zero-order chi connectivity index (χ0) is 16.8. The summed E-state index contributed by atoms with van der Waals surface area (Å²) in [7, 11) is 0. The molecule has 1 aromatic carbocycles. The first kappa shape index (κ1) is 16.1. The lowest BCUT2D eigenvalue weighted by Gasteiger charge is -2.21. The van der Waals surface area contributed by atoms with Crippen LogP contribution < -0.4 is 20.1 Å². The van der Waals surface area contributed by atoms with Crippen molar-refractivity contribution in [1.82, 2.24) is 25.4 Å². The van der Waals surface area contributed by atoms with Crippen molar-refractivity contribution in [3.05, 3.63) is 36.4 Å². The second kappa shape index (κ2) is 7.67. The molecule has 3 rings (SSSR count).